The fourth-order valence-electron chi connectivity index (χ4n) is 3.30. The number of imidazole rings is 1. The van der Waals surface area contributed by atoms with Gasteiger partial charge in [-0.15, -0.1) is 0 Å². The Morgan fingerprint density at radius 3 is 2.11 bits per heavy atom. The lowest BCUT2D eigenvalue weighted by molar-refractivity contribution is -0.143. The summed E-state index contributed by atoms with van der Waals surface area (Å²) in [5, 5.41) is 26.7. The number of hydrogen-bond donors (Lipinski definition) is 8. The highest BCUT2D eigenvalue weighted by Gasteiger charge is 2.31. The van der Waals surface area contributed by atoms with Crippen LogP contribution in [-0.4, -0.2) is 73.8 Å². The predicted octanol–water partition coefficient (Wildman–Crippen LogP) is -0.647. The van der Waals surface area contributed by atoms with Crippen molar-refractivity contribution in [1.82, 2.24) is 25.9 Å². The molecule has 0 fully saturated rings. The molecule has 0 saturated carbocycles. The molecule has 196 valence electrons. The molecule has 0 radical (unpaired) electrons. The molecule has 0 aliphatic heterocycles. The van der Waals surface area contributed by atoms with E-state index in [4.69, 9.17) is 5.73 Å². The number of aromatic nitrogens is 2. The number of nitrogens with one attached hydrogen (secondary N) is 4. The number of nitrogens with zero attached hydrogens (tertiary/aromatic N) is 1. The van der Waals surface area contributed by atoms with Gasteiger partial charge in [-0.3, -0.25) is 14.4 Å². The third kappa shape index (κ3) is 8.57. The number of nitrogens with two attached hydrogens (primary N) is 1. The highest BCUT2D eigenvalue weighted by Crippen LogP contribution is 2.13. The van der Waals surface area contributed by atoms with Crippen LogP contribution in [0.2, 0.25) is 0 Å². The summed E-state index contributed by atoms with van der Waals surface area (Å²) in [7, 11) is 0. The van der Waals surface area contributed by atoms with E-state index < -0.39 is 53.8 Å². The zero-order chi connectivity index (χ0) is 26.8. The average molecular weight is 521 g/mol. The van der Waals surface area contributed by atoms with Crippen LogP contribution in [0.15, 0.2) is 36.8 Å². The van der Waals surface area contributed by atoms with Crippen molar-refractivity contribution in [2.75, 3.05) is 5.75 Å². The number of aromatic amines is 1. The van der Waals surface area contributed by atoms with E-state index in [1.807, 2.05) is 0 Å². The summed E-state index contributed by atoms with van der Waals surface area (Å²) in [6, 6.07) is 1.60. The number of rotatable bonds is 13. The van der Waals surface area contributed by atoms with Gasteiger partial charge in [0.1, 0.15) is 23.9 Å². The molecule has 2 rings (SSSR count). The van der Waals surface area contributed by atoms with Crippen LogP contribution in [0.25, 0.3) is 0 Å². The lowest BCUT2D eigenvalue weighted by atomic mass is 10.0. The zero-order valence-electron chi connectivity index (χ0n) is 20.0. The number of phenolic OH excluding ortho intramolecular Hbond substituents is 1. The maximum Gasteiger partial charge on any atom is 0.326 e. The lowest BCUT2D eigenvalue weighted by Crippen LogP contribution is -2.58. The molecule has 1 heterocycles. The minimum Gasteiger partial charge on any atom is -0.508 e. The Labute approximate surface area is 213 Å². The molecule has 0 aliphatic carbocycles. The number of carboxylic acid groups (broad SMARTS) is 1. The van der Waals surface area contributed by atoms with Crippen LogP contribution in [-0.2, 0) is 32.0 Å². The second-order valence-electron chi connectivity index (χ2n) is 8.63. The minimum atomic E-state index is -1.21. The number of carbonyl (C=O) groups is 4. The molecular weight excluding hydrogens is 488 g/mol. The van der Waals surface area contributed by atoms with Crippen molar-refractivity contribution >= 4 is 36.3 Å². The maximum absolute atomic E-state index is 13.3. The first-order valence-electron chi connectivity index (χ1n) is 11.3. The van der Waals surface area contributed by atoms with Gasteiger partial charge in [0.05, 0.1) is 12.4 Å². The Morgan fingerprint density at radius 2 is 1.58 bits per heavy atom. The van der Waals surface area contributed by atoms with Gasteiger partial charge in [0, 0.05) is 30.5 Å². The summed E-state index contributed by atoms with van der Waals surface area (Å²) in [4.78, 5) is 57.2. The average Bonchev–Trinajstić information content (AvgIpc) is 3.34. The van der Waals surface area contributed by atoms with E-state index in [2.05, 4.69) is 38.5 Å². The second kappa shape index (κ2) is 13.5. The third-order valence-electron chi connectivity index (χ3n) is 5.38. The van der Waals surface area contributed by atoms with Crippen LogP contribution in [0.5, 0.6) is 5.75 Å². The standard InChI is InChI=1S/C23H32N6O6S/c1-12(2)19(23(34)35)29-22(33)17(7-13-3-5-15(30)6-4-13)28-21(32)18(8-14-9-25-11-26-14)27-20(31)16(24)10-36/h3-6,9,11-12,16-19,30,36H,7-8,10,24H2,1-2H3,(H,25,26)(H,27,31)(H,28,32)(H,29,33)(H,34,35). The molecule has 1 aromatic heterocycles. The molecule has 36 heavy (non-hydrogen) atoms. The highest BCUT2D eigenvalue weighted by atomic mass is 32.1. The Kier molecular flexibility index (Phi) is 10.7. The summed E-state index contributed by atoms with van der Waals surface area (Å²) >= 11 is 4.01. The quantitative estimate of drug-likeness (QED) is 0.159. The molecule has 0 bridgehead atoms. The number of carbonyl (C=O) groups excluding carboxylic acids is 3. The number of benzene rings is 1. The number of amides is 3. The van der Waals surface area contributed by atoms with E-state index in [-0.39, 0.29) is 24.3 Å². The summed E-state index contributed by atoms with van der Waals surface area (Å²) in [6.07, 6.45) is 2.95. The van der Waals surface area contributed by atoms with E-state index in [1.54, 1.807) is 26.0 Å². The Hall–Kier alpha value is -3.58. The number of hydrogen-bond acceptors (Lipinski definition) is 8. The number of H-pyrrole nitrogens is 1. The number of aliphatic carboxylic acids is 1. The SMILES string of the molecule is CC(C)C(NC(=O)C(Cc1ccc(O)cc1)NC(=O)C(Cc1cnc[nH]1)NC(=O)C(N)CS)C(=O)O. The minimum absolute atomic E-state index is 0.00314. The van der Waals surface area contributed by atoms with E-state index in [0.29, 0.717) is 11.3 Å². The first kappa shape index (κ1) is 28.7. The summed E-state index contributed by atoms with van der Waals surface area (Å²) < 4.78 is 0. The predicted molar refractivity (Wildman–Crippen MR) is 134 cm³/mol. The van der Waals surface area contributed by atoms with Crippen LogP contribution < -0.4 is 21.7 Å². The van der Waals surface area contributed by atoms with Crippen molar-refractivity contribution in [3.05, 3.63) is 48.0 Å². The smallest absolute Gasteiger partial charge is 0.326 e. The molecule has 8 N–H and O–H groups in total. The van der Waals surface area contributed by atoms with Gasteiger partial charge in [-0.2, -0.15) is 12.6 Å². The third-order valence-corrected chi connectivity index (χ3v) is 5.78. The first-order chi connectivity index (χ1) is 17.0. The zero-order valence-corrected chi connectivity index (χ0v) is 20.9. The van der Waals surface area contributed by atoms with Crippen LogP contribution in [0.1, 0.15) is 25.1 Å². The molecule has 0 saturated heterocycles. The van der Waals surface area contributed by atoms with Crippen molar-refractivity contribution in [1.29, 1.82) is 0 Å². The summed E-state index contributed by atoms with van der Waals surface area (Å²) in [6.45, 7) is 3.29. The van der Waals surface area contributed by atoms with Crippen molar-refractivity contribution in [3.8, 4) is 5.75 Å². The second-order valence-corrected chi connectivity index (χ2v) is 9.00. The van der Waals surface area contributed by atoms with E-state index in [0.717, 1.165) is 0 Å². The van der Waals surface area contributed by atoms with Gasteiger partial charge < -0.3 is 36.9 Å². The van der Waals surface area contributed by atoms with Crippen LogP contribution in [0.3, 0.4) is 0 Å². The monoisotopic (exact) mass is 520 g/mol. The van der Waals surface area contributed by atoms with Crippen molar-refractivity contribution in [2.24, 2.45) is 11.7 Å². The van der Waals surface area contributed by atoms with Gasteiger partial charge in [0.25, 0.3) is 0 Å². The molecule has 12 nitrogen and oxygen atoms in total. The van der Waals surface area contributed by atoms with E-state index in [1.165, 1.54) is 24.7 Å². The van der Waals surface area contributed by atoms with Crippen LogP contribution in [0.4, 0.5) is 0 Å². The largest absolute Gasteiger partial charge is 0.508 e. The van der Waals surface area contributed by atoms with Crippen LogP contribution in [0, 0.1) is 5.92 Å². The summed E-state index contributed by atoms with van der Waals surface area (Å²) in [5.41, 5.74) is 6.90. The number of phenols is 1. The van der Waals surface area contributed by atoms with E-state index >= 15 is 0 Å². The Balaban J connectivity index is 2.29. The number of carboxylic acids is 1. The van der Waals surface area contributed by atoms with Gasteiger partial charge in [-0.1, -0.05) is 26.0 Å². The van der Waals surface area contributed by atoms with Gasteiger partial charge >= 0.3 is 5.97 Å². The molecule has 0 aliphatic rings. The topological polar surface area (TPSA) is 200 Å². The molecular formula is C23H32N6O6S. The molecule has 13 heteroatoms. The van der Waals surface area contributed by atoms with Crippen molar-refractivity contribution < 1.29 is 29.4 Å². The van der Waals surface area contributed by atoms with Gasteiger partial charge in [0.2, 0.25) is 17.7 Å². The van der Waals surface area contributed by atoms with Crippen molar-refractivity contribution in [2.45, 2.75) is 50.9 Å². The van der Waals surface area contributed by atoms with Crippen molar-refractivity contribution in [3.63, 3.8) is 0 Å². The molecule has 3 amide bonds. The molecule has 0 spiro atoms. The Morgan fingerprint density at radius 1 is 1.00 bits per heavy atom. The molecule has 1 aromatic carbocycles. The maximum atomic E-state index is 13.3. The summed E-state index contributed by atoms with van der Waals surface area (Å²) in [5.74, 6) is -3.53. The van der Waals surface area contributed by atoms with E-state index in [9.17, 15) is 29.4 Å². The number of aromatic hydroxyl groups is 1. The highest BCUT2D eigenvalue weighted by molar-refractivity contribution is 7.80. The van der Waals surface area contributed by atoms with Gasteiger partial charge in [-0.25, -0.2) is 9.78 Å². The van der Waals surface area contributed by atoms with Crippen LogP contribution >= 0.6 is 12.6 Å². The first-order valence-corrected chi connectivity index (χ1v) is 11.9. The number of thiol groups is 1. The lowest BCUT2D eigenvalue weighted by Gasteiger charge is -2.26. The van der Waals surface area contributed by atoms with Gasteiger partial charge in [0.15, 0.2) is 0 Å². The fraction of sp³-hybridized carbons (Fsp3) is 0.435. The molecule has 2 aromatic rings. The van der Waals surface area contributed by atoms with Gasteiger partial charge in [-0.05, 0) is 23.6 Å². The fourth-order valence-corrected chi connectivity index (χ4v) is 3.47. The molecule has 4 unspecified atom stereocenters. The Bertz CT molecular complexity index is 1030. The molecule has 4 atom stereocenters. The normalized spacial score (nSPS) is 14.4.